The molecule has 0 saturated heterocycles. The molecule has 19 heavy (non-hydrogen) atoms. The van der Waals surface area contributed by atoms with Crippen molar-refractivity contribution in [3.8, 4) is 17.5 Å². The molecule has 1 aromatic heterocycles. The third kappa shape index (κ3) is 1.98. The summed E-state index contributed by atoms with van der Waals surface area (Å²) in [7, 11) is 2.02. The van der Waals surface area contributed by atoms with Crippen LogP contribution in [0.1, 0.15) is 5.56 Å². The highest BCUT2D eigenvalue weighted by atomic mass is 15.1. The molecule has 0 aliphatic heterocycles. The van der Waals surface area contributed by atoms with Gasteiger partial charge in [-0.3, -0.25) is 0 Å². The van der Waals surface area contributed by atoms with Crippen molar-refractivity contribution in [2.24, 2.45) is 7.05 Å². The molecule has 0 spiro atoms. The Hall–Kier alpha value is -2.60. The van der Waals surface area contributed by atoms with Gasteiger partial charge in [-0.1, -0.05) is 36.4 Å². The molecule has 0 N–H and O–H groups in total. The van der Waals surface area contributed by atoms with Gasteiger partial charge in [0.05, 0.1) is 23.5 Å². The maximum atomic E-state index is 8.75. The van der Waals surface area contributed by atoms with E-state index in [0.717, 1.165) is 28.0 Å². The van der Waals surface area contributed by atoms with E-state index in [9.17, 15) is 0 Å². The molecule has 3 nitrogen and oxygen atoms in total. The Labute approximate surface area is 111 Å². The van der Waals surface area contributed by atoms with Gasteiger partial charge >= 0.3 is 0 Å². The molecule has 0 fully saturated rings. The lowest BCUT2D eigenvalue weighted by molar-refractivity contribution is 0.959. The van der Waals surface area contributed by atoms with Crippen LogP contribution in [0.25, 0.3) is 22.4 Å². The van der Waals surface area contributed by atoms with Gasteiger partial charge in [-0.15, -0.1) is 0 Å². The zero-order valence-electron chi connectivity index (χ0n) is 10.7. The van der Waals surface area contributed by atoms with Gasteiger partial charge in [-0.2, -0.15) is 5.26 Å². The van der Waals surface area contributed by atoms with Crippen LogP contribution < -0.4 is 0 Å². The summed E-state index contributed by atoms with van der Waals surface area (Å²) in [5.41, 5.74) is 4.13. The third-order valence-electron chi connectivity index (χ3n) is 3.26. The van der Waals surface area contributed by atoms with Crippen molar-refractivity contribution in [1.29, 1.82) is 5.26 Å². The molecule has 1 heterocycles. The van der Waals surface area contributed by atoms with Gasteiger partial charge in [0, 0.05) is 12.6 Å². The number of hydrogen-bond acceptors (Lipinski definition) is 2. The van der Waals surface area contributed by atoms with Gasteiger partial charge in [-0.05, 0) is 17.7 Å². The molecular formula is C16H13N3. The molecular weight excluding hydrogens is 234 g/mol. The molecule has 0 saturated carbocycles. The van der Waals surface area contributed by atoms with Crippen molar-refractivity contribution < 1.29 is 0 Å². The van der Waals surface area contributed by atoms with Crippen molar-refractivity contribution in [1.82, 2.24) is 9.55 Å². The predicted molar refractivity (Wildman–Crippen MR) is 75.5 cm³/mol. The van der Waals surface area contributed by atoms with Crippen molar-refractivity contribution in [2.45, 2.75) is 6.42 Å². The van der Waals surface area contributed by atoms with Crippen LogP contribution in [0.5, 0.6) is 0 Å². The van der Waals surface area contributed by atoms with Crippen molar-refractivity contribution in [2.75, 3.05) is 0 Å². The molecule has 0 aliphatic carbocycles. The molecule has 3 heteroatoms. The topological polar surface area (TPSA) is 41.6 Å². The average molecular weight is 247 g/mol. The molecule has 0 aliphatic rings. The molecule has 0 radical (unpaired) electrons. The summed E-state index contributed by atoms with van der Waals surface area (Å²) in [6.45, 7) is 0. The van der Waals surface area contributed by atoms with Gasteiger partial charge in [0.1, 0.15) is 5.82 Å². The number of fused-ring (bicyclic) bond motifs is 1. The largest absolute Gasteiger partial charge is 0.327 e. The molecule has 0 amide bonds. The van der Waals surface area contributed by atoms with Crippen LogP contribution in [0, 0.1) is 11.3 Å². The quantitative estimate of drug-likeness (QED) is 0.697. The van der Waals surface area contributed by atoms with Crippen LogP contribution in [-0.2, 0) is 13.5 Å². The standard InChI is InChI=1S/C16H13N3/c1-19-15-8-7-12(9-10-17)11-14(15)18-16(19)13-5-3-2-4-6-13/h2-8,11H,9H2,1H3. The fourth-order valence-electron chi connectivity index (χ4n) is 2.29. The summed E-state index contributed by atoms with van der Waals surface area (Å²) in [6.07, 6.45) is 0.424. The van der Waals surface area contributed by atoms with Crippen molar-refractivity contribution >= 4 is 11.0 Å². The number of hydrogen-bond donors (Lipinski definition) is 0. The second-order valence-corrected chi connectivity index (χ2v) is 4.52. The summed E-state index contributed by atoms with van der Waals surface area (Å²) in [4.78, 5) is 4.68. The van der Waals surface area contributed by atoms with Gasteiger partial charge in [0.15, 0.2) is 0 Å². The van der Waals surface area contributed by atoms with E-state index in [1.165, 1.54) is 0 Å². The smallest absolute Gasteiger partial charge is 0.140 e. The minimum Gasteiger partial charge on any atom is -0.327 e. The van der Waals surface area contributed by atoms with E-state index in [4.69, 9.17) is 5.26 Å². The highest BCUT2D eigenvalue weighted by Crippen LogP contribution is 2.24. The number of aromatic nitrogens is 2. The minimum absolute atomic E-state index is 0.424. The van der Waals surface area contributed by atoms with Gasteiger partial charge in [0.25, 0.3) is 0 Å². The van der Waals surface area contributed by atoms with E-state index >= 15 is 0 Å². The second kappa shape index (κ2) is 4.58. The Kier molecular flexibility index (Phi) is 2.77. The summed E-state index contributed by atoms with van der Waals surface area (Å²) < 4.78 is 2.08. The predicted octanol–water partition coefficient (Wildman–Crippen LogP) is 3.31. The maximum absolute atomic E-state index is 8.75. The molecule has 3 aromatic rings. The number of nitrogens with zero attached hydrogens (tertiary/aromatic N) is 3. The lowest BCUT2D eigenvalue weighted by Gasteiger charge is -2.01. The van der Waals surface area contributed by atoms with E-state index in [-0.39, 0.29) is 0 Å². The van der Waals surface area contributed by atoms with Crippen LogP contribution >= 0.6 is 0 Å². The summed E-state index contributed by atoms with van der Waals surface area (Å²) >= 11 is 0. The Balaban J connectivity index is 2.18. The fourth-order valence-corrected chi connectivity index (χ4v) is 2.29. The van der Waals surface area contributed by atoms with Gasteiger partial charge in [-0.25, -0.2) is 4.98 Å². The monoisotopic (exact) mass is 247 g/mol. The Bertz CT molecular complexity index is 764. The maximum Gasteiger partial charge on any atom is 0.140 e. The number of nitriles is 1. The van der Waals surface area contributed by atoms with E-state index in [2.05, 4.69) is 27.8 Å². The van der Waals surface area contributed by atoms with Crippen molar-refractivity contribution in [3.63, 3.8) is 0 Å². The van der Waals surface area contributed by atoms with Crippen LogP contribution in [0.15, 0.2) is 48.5 Å². The van der Waals surface area contributed by atoms with Crippen LogP contribution in [0.2, 0.25) is 0 Å². The van der Waals surface area contributed by atoms with Crippen LogP contribution in [0.3, 0.4) is 0 Å². The molecule has 2 aromatic carbocycles. The number of rotatable bonds is 2. The second-order valence-electron chi connectivity index (χ2n) is 4.52. The SMILES string of the molecule is Cn1c(-c2ccccc2)nc2cc(CC#N)ccc21. The summed E-state index contributed by atoms with van der Waals surface area (Å²) in [5, 5.41) is 8.75. The zero-order chi connectivity index (χ0) is 13.2. The Morgan fingerprint density at radius 2 is 1.95 bits per heavy atom. The Morgan fingerprint density at radius 1 is 1.16 bits per heavy atom. The van der Waals surface area contributed by atoms with Gasteiger partial charge in [0.2, 0.25) is 0 Å². The number of imidazole rings is 1. The molecule has 92 valence electrons. The first-order valence-corrected chi connectivity index (χ1v) is 6.17. The summed E-state index contributed by atoms with van der Waals surface area (Å²) in [5.74, 6) is 0.949. The fraction of sp³-hybridized carbons (Fsp3) is 0.125. The number of benzene rings is 2. The lowest BCUT2D eigenvalue weighted by Crippen LogP contribution is -1.91. The summed E-state index contributed by atoms with van der Waals surface area (Å²) in [6, 6.07) is 18.3. The van der Waals surface area contributed by atoms with E-state index < -0.39 is 0 Å². The normalized spacial score (nSPS) is 10.5. The molecule has 0 bridgehead atoms. The van der Waals surface area contributed by atoms with E-state index in [1.807, 2.05) is 43.4 Å². The van der Waals surface area contributed by atoms with E-state index in [0.29, 0.717) is 6.42 Å². The van der Waals surface area contributed by atoms with Crippen molar-refractivity contribution in [3.05, 3.63) is 54.1 Å². The highest BCUT2D eigenvalue weighted by Gasteiger charge is 2.09. The zero-order valence-corrected chi connectivity index (χ0v) is 10.7. The van der Waals surface area contributed by atoms with Crippen LogP contribution in [-0.4, -0.2) is 9.55 Å². The minimum atomic E-state index is 0.424. The number of aryl methyl sites for hydroxylation is 1. The average Bonchev–Trinajstić information content (AvgIpc) is 2.77. The van der Waals surface area contributed by atoms with E-state index in [1.54, 1.807) is 0 Å². The Morgan fingerprint density at radius 3 is 2.68 bits per heavy atom. The lowest BCUT2D eigenvalue weighted by atomic mass is 10.1. The van der Waals surface area contributed by atoms with Crippen LogP contribution in [0.4, 0.5) is 0 Å². The first kappa shape index (κ1) is 11.5. The first-order valence-electron chi connectivity index (χ1n) is 6.17. The first-order chi connectivity index (χ1) is 9.29. The molecule has 3 rings (SSSR count). The molecule has 0 atom stereocenters. The molecule has 0 unspecified atom stereocenters. The third-order valence-corrected chi connectivity index (χ3v) is 3.26. The highest BCUT2D eigenvalue weighted by molar-refractivity contribution is 5.81. The van der Waals surface area contributed by atoms with Gasteiger partial charge < -0.3 is 4.57 Å².